The second kappa shape index (κ2) is 2.33. The van der Waals surface area contributed by atoms with Crippen molar-refractivity contribution in [2.45, 2.75) is 4.46 Å². The lowest BCUT2D eigenvalue weighted by Gasteiger charge is -2.06. The molecule has 0 saturated carbocycles. The highest BCUT2D eigenvalue weighted by Gasteiger charge is 2.50. The molecule has 1 unspecified atom stereocenters. The molecule has 2 N–H and O–H groups in total. The number of hydrogen-bond acceptors (Lipinski definition) is 3. The van der Waals surface area contributed by atoms with Gasteiger partial charge in [-0.1, -0.05) is 11.6 Å². The predicted molar refractivity (Wildman–Crippen MR) is 28.9 cm³/mol. The van der Waals surface area contributed by atoms with Crippen LogP contribution in [-0.4, -0.2) is 28.5 Å². The van der Waals surface area contributed by atoms with Gasteiger partial charge < -0.3 is 5.11 Å². The summed E-state index contributed by atoms with van der Waals surface area (Å²) in [4.78, 5) is 9.62. The molecule has 0 fully saturated rings. The third-order valence-electron chi connectivity index (χ3n) is 0.573. The molecule has 0 radical (unpaired) electrons. The molecule has 0 amide bonds. The van der Waals surface area contributed by atoms with Crippen molar-refractivity contribution in [3.8, 4) is 0 Å². The Morgan fingerprint density at radius 2 is 1.90 bits per heavy atom. The van der Waals surface area contributed by atoms with Crippen LogP contribution in [0.15, 0.2) is 0 Å². The number of hydrogen-bond donors (Lipinski definition) is 2. The molecule has 0 saturated heterocycles. The van der Waals surface area contributed by atoms with Crippen molar-refractivity contribution in [2.24, 2.45) is 0 Å². The van der Waals surface area contributed by atoms with E-state index in [1.54, 1.807) is 0 Å². The zero-order valence-electron chi connectivity index (χ0n) is 4.28. The van der Waals surface area contributed by atoms with E-state index >= 15 is 0 Å². The molecule has 0 aromatic rings. The van der Waals surface area contributed by atoms with Gasteiger partial charge in [0.25, 0.3) is 0 Å². The Balaban J connectivity index is 4.95. The fourth-order valence-corrected chi connectivity index (χ4v) is 0.331. The third kappa shape index (κ3) is 1.55. The van der Waals surface area contributed by atoms with Gasteiger partial charge in [-0.3, -0.25) is 4.55 Å². The number of carbonyl (C=O) groups is 1. The van der Waals surface area contributed by atoms with E-state index in [-0.39, 0.29) is 0 Å². The predicted octanol–water partition coefficient (Wildman–Crippen LogP) is -0.179. The summed E-state index contributed by atoms with van der Waals surface area (Å²) in [5.74, 6) is -2.48. The summed E-state index contributed by atoms with van der Waals surface area (Å²) in [6, 6.07) is 0. The van der Waals surface area contributed by atoms with E-state index in [0.29, 0.717) is 0 Å². The first-order valence-corrected chi connectivity index (χ1v) is 3.59. The largest absolute Gasteiger partial charge is 0.477 e. The summed E-state index contributed by atoms with van der Waals surface area (Å²) in [7, 11) is -5.40. The summed E-state index contributed by atoms with van der Waals surface area (Å²) in [6.07, 6.45) is 0. The highest BCUT2D eigenvalue weighted by atomic mass is 35.5. The smallest absolute Gasteiger partial charge is 0.403 e. The van der Waals surface area contributed by atoms with E-state index in [2.05, 4.69) is 11.6 Å². The molecule has 0 rings (SSSR count). The Hall–Kier alpha value is -0.400. The fraction of sp³-hybridized carbons (Fsp3) is 0.500. The number of carboxylic acid groups (broad SMARTS) is 1. The van der Waals surface area contributed by atoms with E-state index in [4.69, 9.17) is 9.66 Å². The summed E-state index contributed by atoms with van der Waals surface area (Å²) in [5.41, 5.74) is 0. The molecule has 0 aromatic heterocycles. The molecule has 8 heteroatoms. The standard InChI is InChI=1S/C2H2ClFO5S/c3-2(4,1(5)6)10(7,8)9/h(H,5,6)(H,7,8,9). The highest BCUT2D eigenvalue weighted by Crippen LogP contribution is 2.23. The Bertz CT molecular complexity index is 242. The lowest BCUT2D eigenvalue weighted by Crippen LogP contribution is -2.35. The van der Waals surface area contributed by atoms with Gasteiger partial charge in [0.15, 0.2) is 0 Å². The first-order valence-electron chi connectivity index (χ1n) is 1.78. The van der Waals surface area contributed by atoms with Crippen molar-refractivity contribution in [3.05, 3.63) is 0 Å². The molecule has 5 nitrogen and oxygen atoms in total. The van der Waals surface area contributed by atoms with E-state index in [1.807, 2.05) is 0 Å². The van der Waals surface area contributed by atoms with Crippen LogP contribution in [0.3, 0.4) is 0 Å². The average molecular weight is 193 g/mol. The van der Waals surface area contributed by atoms with Gasteiger partial charge in [-0.05, 0) is 0 Å². The second-order valence-corrected chi connectivity index (χ2v) is 3.55. The van der Waals surface area contributed by atoms with Crippen LogP contribution in [0.4, 0.5) is 4.39 Å². The van der Waals surface area contributed by atoms with Crippen molar-refractivity contribution < 1.29 is 27.3 Å². The minimum atomic E-state index is -5.40. The maximum atomic E-state index is 12.0. The molecule has 0 aliphatic heterocycles. The summed E-state index contributed by atoms with van der Waals surface area (Å²) in [5, 5.41) is 7.73. The van der Waals surface area contributed by atoms with Gasteiger partial charge in [0, 0.05) is 0 Å². The summed E-state index contributed by atoms with van der Waals surface area (Å²) >= 11 is 4.24. The van der Waals surface area contributed by atoms with Crippen molar-refractivity contribution in [1.82, 2.24) is 0 Å². The van der Waals surface area contributed by atoms with Crippen LogP contribution in [-0.2, 0) is 14.9 Å². The molecule has 0 spiro atoms. The molecule has 10 heavy (non-hydrogen) atoms. The Kier molecular flexibility index (Phi) is 2.24. The van der Waals surface area contributed by atoms with Gasteiger partial charge in [-0.15, -0.1) is 0 Å². The molecule has 0 bridgehead atoms. The molecule has 0 aliphatic carbocycles. The van der Waals surface area contributed by atoms with Crippen LogP contribution >= 0.6 is 11.6 Å². The third-order valence-corrected chi connectivity index (χ3v) is 2.14. The Morgan fingerprint density at radius 1 is 1.60 bits per heavy atom. The van der Waals surface area contributed by atoms with Gasteiger partial charge in [0.2, 0.25) is 0 Å². The lowest BCUT2D eigenvalue weighted by atomic mass is 10.8. The van der Waals surface area contributed by atoms with Crippen molar-refractivity contribution in [2.75, 3.05) is 0 Å². The van der Waals surface area contributed by atoms with Gasteiger partial charge >= 0.3 is 20.5 Å². The Labute approximate surface area is 60.2 Å². The molecule has 1 atom stereocenters. The first kappa shape index (κ1) is 9.60. The van der Waals surface area contributed by atoms with Crippen LogP contribution in [0.2, 0.25) is 0 Å². The monoisotopic (exact) mass is 192 g/mol. The summed E-state index contributed by atoms with van der Waals surface area (Å²) in [6.45, 7) is 0. The van der Waals surface area contributed by atoms with Crippen molar-refractivity contribution >= 4 is 27.7 Å². The molecule has 0 aliphatic rings. The topological polar surface area (TPSA) is 91.7 Å². The minimum absolute atomic E-state index is 2.48. The number of aliphatic carboxylic acids is 1. The quantitative estimate of drug-likeness (QED) is 0.468. The Morgan fingerprint density at radius 3 is 1.90 bits per heavy atom. The average Bonchev–Trinajstić information content (AvgIpc) is 1.62. The van der Waals surface area contributed by atoms with E-state index in [0.717, 1.165) is 0 Å². The van der Waals surface area contributed by atoms with Crippen LogP contribution in [0.5, 0.6) is 0 Å². The van der Waals surface area contributed by atoms with Crippen molar-refractivity contribution in [3.63, 3.8) is 0 Å². The van der Waals surface area contributed by atoms with Gasteiger partial charge in [-0.2, -0.15) is 12.8 Å². The summed E-state index contributed by atoms with van der Waals surface area (Å²) < 4.78 is 35.2. The number of rotatable bonds is 2. The number of carboxylic acids is 1. The van der Waals surface area contributed by atoms with Gasteiger partial charge in [-0.25, -0.2) is 4.79 Å². The van der Waals surface area contributed by atoms with E-state index < -0.39 is 20.5 Å². The van der Waals surface area contributed by atoms with Crippen LogP contribution in [0, 0.1) is 0 Å². The first-order chi connectivity index (χ1) is 4.19. The van der Waals surface area contributed by atoms with E-state index in [1.165, 1.54) is 0 Å². The maximum Gasteiger partial charge on any atom is 0.403 e. The molecular formula is C2H2ClFO5S. The highest BCUT2D eigenvalue weighted by molar-refractivity contribution is 7.89. The molecular weight excluding hydrogens is 191 g/mol. The van der Waals surface area contributed by atoms with Crippen LogP contribution in [0.1, 0.15) is 0 Å². The molecule has 0 heterocycles. The van der Waals surface area contributed by atoms with Gasteiger partial charge in [0.05, 0.1) is 0 Å². The van der Waals surface area contributed by atoms with E-state index in [9.17, 15) is 17.6 Å². The minimum Gasteiger partial charge on any atom is -0.477 e. The molecule has 60 valence electrons. The lowest BCUT2D eigenvalue weighted by molar-refractivity contribution is -0.141. The maximum absolute atomic E-state index is 12.0. The zero-order valence-corrected chi connectivity index (χ0v) is 5.86. The number of alkyl halides is 2. The van der Waals surface area contributed by atoms with Crippen LogP contribution < -0.4 is 0 Å². The van der Waals surface area contributed by atoms with Crippen molar-refractivity contribution in [1.29, 1.82) is 0 Å². The fourth-order valence-electron chi connectivity index (χ4n) is 0.110. The second-order valence-electron chi connectivity index (χ2n) is 1.30. The number of halogens is 2. The zero-order chi connectivity index (χ0) is 8.58. The van der Waals surface area contributed by atoms with Crippen LogP contribution in [0.25, 0.3) is 0 Å². The SMILES string of the molecule is O=C(O)C(F)(Cl)S(=O)(=O)O. The normalized spacial score (nSPS) is 17.9. The molecule has 0 aromatic carbocycles. The van der Waals surface area contributed by atoms with Gasteiger partial charge in [0.1, 0.15) is 0 Å².